The van der Waals surface area contributed by atoms with Crippen molar-refractivity contribution in [1.82, 2.24) is 0 Å². The van der Waals surface area contributed by atoms with Crippen LogP contribution in [0, 0.1) is 0 Å². The highest BCUT2D eigenvalue weighted by molar-refractivity contribution is 6.76. The van der Waals surface area contributed by atoms with Crippen molar-refractivity contribution >= 4 is 16.4 Å². The molecule has 23 heavy (non-hydrogen) atoms. The highest BCUT2D eigenvalue weighted by Crippen LogP contribution is 2.36. The molecule has 0 aromatic rings. The van der Waals surface area contributed by atoms with Gasteiger partial charge in [-0.1, -0.05) is 53.3 Å². The van der Waals surface area contributed by atoms with Crippen LogP contribution >= 0.6 is 0 Å². The molecule has 5 heteroatoms. The van der Waals surface area contributed by atoms with Gasteiger partial charge in [-0.3, -0.25) is 0 Å². The van der Waals surface area contributed by atoms with Crippen molar-refractivity contribution in [2.24, 2.45) is 0 Å². The lowest BCUT2D eigenvalue weighted by Gasteiger charge is -2.36. The second-order valence-electron chi connectivity index (χ2n) is 9.27. The van der Waals surface area contributed by atoms with E-state index < -0.39 is 16.4 Å². The van der Waals surface area contributed by atoms with E-state index in [9.17, 15) is 0 Å². The van der Waals surface area contributed by atoms with Gasteiger partial charge in [-0.25, -0.2) is 0 Å². The van der Waals surface area contributed by atoms with Gasteiger partial charge < -0.3 is 13.9 Å². The molecule has 0 atom stereocenters. The fraction of sp³-hybridized carbons (Fsp3) is 1.00. The van der Waals surface area contributed by atoms with E-state index in [-0.39, 0.29) is 0 Å². The first-order valence-electron chi connectivity index (χ1n) is 9.25. The minimum Gasteiger partial charge on any atom is -0.417 e. The molecule has 0 bridgehead atoms. The van der Waals surface area contributed by atoms with Crippen LogP contribution in [0.4, 0.5) is 0 Å². The summed E-state index contributed by atoms with van der Waals surface area (Å²) >= 11 is 0. The summed E-state index contributed by atoms with van der Waals surface area (Å²) in [6.07, 6.45) is 4.74. The van der Waals surface area contributed by atoms with Crippen LogP contribution in [0.5, 0.6) is 0 Å². The van der Waals surface area contributed by atoms with Gasteiger partial charge in [-0.15, -0.1) is 0 Å². The maximum Gasteiger partial charge on any atom is 0.191 e. The van der Waals surface area contributed by atoms with E-state index in [0.717, 1.165) is 26.2 Å². The molecule has 0 aromatic heterocycles. The van der Waals surface area contributed by atoms with Gasteiger partial charge in [0.1, 0.15) is 6.79 Å². The van der Waals surface area contributed by atoms with Crippen LogP contribution in [0.25, 0.3) is 0 Å². The number of unbranched alkanes of at least 4 members (excludes halogenated alkanes) is 3. The van der Waals surface area contributed by atoms with E-state index in [2.05, 4.69) is 53.5 Å². The Bertz CT molecular complexity index is 294. The summed E-state index contributed by atoms with van der Waals surface area (Å²) < 4.78 is 17.2. The standard InChI is InChI=1S/C18H42O3Si2/c1-18(2,3)23(7,8)21-14-12-10-9-11-13-19-17-20-15-16-22(4,5)6/h9-17H2,1-8H3. The van der Waals surface area contributed by atoms with Gasteiger partial charge in [0.05, 0.1) is 0 Å². The molecular weight excluding hydrogens is 320 g/mol. The zero-order valence-electron chi connectivity index (χ0n) is 17.1. The van der Waals surface area contributed by atoms with E-state index in [1.165, 1.54) is 25.3 Å². The largest absolute Gasteiger partial charge is 0.417 e. The monoisotopic (exact) mass is 362 g/mol. The lowest BCUT2D eigenvalue weighted by Crippen LogP contribution is -2.40. The van der Waals surface area contributed by atoms with Crippen LogP contribution in [0.3, 0.4) is 0 Å². The Balaban J connectivity index is 3.35. The molecule has 0 fully saturated rings. The summed E-state index contributed by atoms with van der Waals surface area (Å²) in [6.45, 7) is 21.7. The predicted molar refractivity (Wildman–Crippen MR) is 107 cm³/mol. The fourth-order valence-corrected chi connectivity index (χ4v) is 3.60. The first-order valence-corrected chi connectivity index (χ1v) is 15.9. The van der Waals surface area contributed by atoms with Gasteiger partial charge in [0.15, 0.2) is 8.32 Å². The van der Waals surface area contributed by atoms with Crippen molar-refractivity contribution in [1.29, 1.82) is 0 Å². The zero-order valence-corrected chi connectivity index (χ0v) is 19.1. The fourth-order valence-electron chi connectivity index (χ4n) is 1.76. The average molecular weight is 363 g/mol. The molecule has 0 rings (SSSR count). The average Bonchev–Trinajstić information content (AvgIpc) is 2.37. The van der Waals surface area contributed by atoms with Crippen molar-refractivity contribution in [3.05, 3.63) is 0 Å². The third-order valence-electron chi connectivity index (χ3n) is 4.62. The Hall–Kier alpha value is 0.314. The second-order valence-corrected chi connectivity index (χ2v) is 19.7. The highest BCUT2D eigenvalue weighted by Gasteiger charge is 2.36. The summed E-state index contributed by atoms with van der Waals surface area (Å²) in [4.78, 5) is 0. The Morgan fingerprint density at radius 3 is 1.74 bits per heavy atom. The second kappa shape index (κ2) is 11.0. The van der Waals surface area contributed by atoms with Crippen molar-refractivity contribution < 1.29 is 13.9 Å². The Labute approximate surface area is 147 Å². The summed E-state index contributed by atoms with van der Waals surface area (Å²) in [5.74, 6) is 0. The number of hydrogen-bond acceptors (Lipinski definition) is 3. The SMILES string of the molecule is CC(C)(C)[Si](C)(C)OCCCCCCOCOCC[Si](C)(C)C. The van der Waals surface area contributed by atoms with E-state index in [0.29, 0.717) is 11.8 Å². The molecule has 0 saturated heterocycles. The molecule has 0 aliphatic carbocycles. The molecule has 140 valence electrons. The number of rotatable bonds is 13. The van der Waals surface area contributed by atoms with Crippen LogP contribution in [-0.2, 0) is 13.9 Å². The van der Waals surface area contributed by atoms with Crippen molar-refractivity contribution in [3.63, 3.8) is 0 Å². The lowest BCUT2D eigenvalue weighted by atomic mass is 10.2. The number of hydrogen-bond donors (Lipinski definition) is 0. The van der Waals surface area contributed by atoms with Crippen LogP contribution in [0.15, 0.2) is 0 Å². The van der Waals surface area contributed by atoms with Crippen molar-refractivity contribution in [3.8, 4) is 0 Å². The molecule has 0 saturated carbocycles. The molecule has 0 aliphatic heterocycles. The van der Waals surface area contributed by atoms with E-state index in [4.69, 9.17) is 13.9 Å². The molecule has 0 aliphatic rings. The molecule has 0 amide bonds. The highest BCUT2D eigenvalue weighted by atomic mass is 28.4. The Morgan fingerprint density at radius 2 is 1.22 bits per heavy atom. The van der Waals surface area contributed by atoms with Crippen molar-refractivity contribution in [2.75, 3.05) is 26.6 Å². The van der Waals surface area contributed by atoms with Gasteiger partial charge in [0.25, 0.3) is 0 Å². The van der Waals surface area contributed by atoms with Gasteiger partial charge in [-0.2, -0.15) is 0 Å². The Kier molecular flexibility index (Phi) is 11.2. The number of ether oxygens (including phenoxy) is 2. The quantitative estimate of drug-likeness (QED) is 0.232. The third-order valence-corrected chi connectivity index (χ3v) is 10.9. The first-order chi connectivity index (χ1) is 10.5. The molecular formula is C18H42O3Si2. The van der Waals surface area contributed by atoms with Gasteiger partial charge in [-0.05, 0) is 37.0 Å². The molecule has 0 heterocycles. The molecule has 0 radical (unpaired) electrons. The summed E-state index contributed by atoms with van der Waals surface area (Å²) in [5.41, 5.74) is 0. The van der Waals surface area contributed by atoms with Crippen LogP contribution in [0.2, 0.25) is 43.8 Å². The third kappa shape index (κ3) is 13.3. The van der Waals surface area contributed by atoms with Crippen molar-refractivity contribution in [2.45, 2.75) is 90.3 Å². The minimum absolute atomic E-state index is 0.316. The van der Waals surface area contributed by atoms with E-state index >= 15 is 0 Å². The molecule has 0 aromatic carbocycles. The smallest absolute Gasteiger partial charge is 0.191 e. The maximum atomic E-state index is 6.18. The Morgan fingerprint density at radius 1 is 0.696 bits per heavy atom. The maximum absolute atomic E-state index is 6.18. The molecule has 0 N–H and O–H groups in total. The normalized spacial score (nSPS) is 13.6. The first kappa shape index (κ1) is 23.3. The van der Waals surface area contributed by atoms with Gasteiger partial charge in [0, 0.05) is 27.9 Å². The summed E-state index contributed by atoms with van der Waals surface area (Å²) in [6, 6.07) is 1.21. The lowest BCUT2D eigenvalue weighted by molar-refractivity contribution is -0.0504. The van der Waals surface area contributed by atoms with Crippen LogP contribution < -0.4 is 0 Å². The van der Waals surface area contributed by atoms with Crippen LogP contribution in [0.1, 0.15) is 46.5 Å². The topological polar surface area (TPSA) is 27.7 Å². The molecule has 0 spiro atoms. The van der Waals surface area contributed by atoms with E-state index in [1.54, 1.807) is 0 Å². The molecule has 0 unspecified atom stereocenters. The van der Waals surface area contributed by atoms with Crippen LogP contribution in [-0.4, -0.2) is 43.0 Å². The van der Waals surface area contributed by atoms with Gasteiger partial charge in [0.2, 0.25) is 0 Å². The molecule has 3 nitrogen and oxygen atoms in total. The zero-order chi connectivity index (χ0) is 18.0. The minimum atomic E-state index is -1.55. The summed E-state index contributed by atoms with van der Waals surface area (Å²) in [7, 11) is -2.52. The van der Waals surface area contributed by atoms with E-state index in [1.807, 2.05) is 0 Å². The summed E-state index contributed by atoms with van der Waals surface area (Å²) in [5, 5.41) is 0.316. The predicted octanol–water partition coefficient (Wildman–Crippen LogP) is 5.90. The van der Waals surface area contributed by atoms with Gasteiger partial charge >= 0.3 is 0 Å².